The van der Waals surface area contributed by atoms with Gasteiger partial charge in [-0.2, -0.15) is 0 Å². The number of hydrogen-bond donors (Lipinski definition) is 2. The Balaban J connectivity index is 1.39. The summed E-state index contributed by atoms with van der Waals surface area (Å²) >= 11 is 0.758. The van der Waals surface area contributed by atoms with Gasteiger partial charge in [-0.05, 0) is 85.1 Å². The van der Waals surface area contributed by atoms with Crippen LogP contribution in [0.1, 0.15) is 22.3 Å². The quantitative estimate of drug-likeness (QED) is 0.342. The third kappa shape index (κ3) is 6.70. The number of aryl methyl sites for hydroxylation is 2. The summed E-state index contributed by atoms with van der Waals surface area (Å²) in [5, 5.41) is 5.04. The van der Waals surface area contributed by atoms with Crippen molar-refractivity contribution in [2.24, 2.45) is 0 Å². The van der Waals surface area contributed by atoms with Gasteiger partial charge in [-0.25, -0.2) is 0 Å². The molecule has 206 valence electrons. The minimum Gasteiger partial charge on any atom is -0.493 e. The third-order valence-electron chi connectivity index (χ3n) is 6.32. The number of imide groups is 1. The van der Waals surface area contributed by atoms with Crippen LogP contribution in [-0.2, 0) is 14.4 Å². The lowest BCUT2D eigenvalue weighted by atomic mass is 10.1. The number of methoxy groups -OCH3 is 1. The lowest BCUT2D eigenvalue weighted by Crippen LogP contribution is -2.36. The van der Waals surface area contributed by atoms with Gasteiger partial charge in [-0.15, -0.1) is 0 Å². The number of hydrogen-bond acceptors (Lipinski definition) is 7. The molecule has 4 rings (SSSR count). The fraction of sp³-hybridized carbons (Fsp3) is 0.200. The highest BCUT2D eigenvalue weighted by atomic mass is 32.2. The van der Waals surface area contributed by atoms with Crippen LogP contribution in [0.3, 0.4) is 0 Å². The Morgan fingerprint density at radius 1 is 0.875 bits per heavy atom. The van der Waals surface area contributed by atoms with Gasteiger partial charge >= 0.3 is 0 Å². The summed E-state index contributed by atoms with van der Waals surface area (Å²) in [6, 6.07) is 17.9. The zero-order valence-electron chi connectivity index (χ0n) is 22.6. The van der Waals surface area contributed by atoms with Gasteiger partial charge in [-0.3, -0.25) is 24.1 Å². The van der Waals surface area contributed by atoms with Crippen molar-refractivity contribution in [3.8, 4) is 11.5 Å². The Morgan fingerprint density at radius 2 is 1.57 bits per heavy atom. The van der Waals surface area contributed by atoms with Crippen LogP contribution in [0, 0.1) is 20.8 Å². The van der Waals surface area contributed by atoms with Crippen LogP contribution in [0.25, 0.3) is 6.08 Å². The predicted molar refractivity (Wildman–Crippen MR) is 156 cm³/mol. The zero-order chi connectivity index (χ0) is 28.8. The fourth-order valence-electron chi connectivity index (χ4n) is 3.94. The molecule has 0 spiro atoms. The molecule has 10 heteroatoms. The zero-order valence-corrected chi connectivity index (χ0v) is 23.4. The van der Waals surface area contributed by atoms with Crippen molar-refractivity contribution in [1.82, 2.24) is 4.90 Å². The van der Waals surface area contributed by atoms with Crippen molar-refractivity contribution >= 4 is 52.2 Å². The Labute approximate surface area is 236 Å². The van der Waals surface area contributed by atoms with Crippen LogP contribution in [0.15, 0.2) is 65.6 Å². The number of benzene rings is 3. The maximum atomic E-state index is 12.9. The Bertz CT molecular complexity index is 1520. The van der Waals surface area contributed by atoms with Crippen LogP contribution >= 0.6 is 11.8 Å². The molecule has 0 aromatic heterocycles. The van der Waals surface area contributed by atoms with Gasteiger partial charge in [0.2, 0.25) is 5.91 Å². The first-order valence-electron chi connectivity index (χ1n) is 12.4. The van der Waals surface area contributed by atoms with Crippen LogP contribution < -0.4 is 20.1 Å². The first-order chi connectivity index (χ1) is 19.2. The number of amides is 4. The first-order valence-corrected chi connectivity index (χ1v) is 13.3. The molecule has 1 fully saturated rings. The first kappa shape index (κ1) is 28.4. The van der Waals surface area contributed by atoms with E-state index in [-0.39, 0.29) is 17.4 Å². The van der Waals surface area contributed by atoms with E-state index in [1.54, 1.807) is 30.3 Å². The lowest BCUT2D eigenvalue weighted by molar-refractivity contribution is -0.127. The molecule has 0 radical (unpaired) electrons. The van der Waals surface area contributed by atoms with Crippen LogP contribution in [0.2, 0.25) is 0 Å². The summed E-state index contributed by atoms with van der Waals surface area (Å²) < 4.78 is 11.1. The molecule has 1 aliphatic rings. The predicted octanol–water partition coefficient (Wildman–Crippen LogP) is 5.31. The van der Waals surface area contributed by atoms with E-state index >= 15 is 0 Å². The highest BCUT2D eigenvalue weighted by molar-refractivity contribution is 8.18. The normalized spacial score (nSPS) is 13.9. The minimum atomic E-state index is -0.557. The van der Waals surface area contributed by atoms with Gasteiger partial charge in [-0.1, -0.05) is 36.4 Å². The van der Waals surface area contributed by atoms with E-state index < -0.39 is 23.6 Å². The average molecular weight is 560 g/mol. The molecule has 2 N–H and O–H groups in total. The van der Waals surface area contributed by atoms with Gasteiger partial charge in [0.1, 0.15) is 6.54 Å². The van der Waals surface area contributed by atoms with Gasteiger partial charge < -0.3 is 20.1 Å². The number of anilines is 2. The third-order valence-corrected chi connectivity index (χ3v) is 7.22. The Kier molecular flexibility index (Phi) is 8.90. The van der Waals surface area contributed by atoms with Gasteiger partial charge in [0.05, 0.1) is 12.0 Å². The average Bonchev–Trinajstić information content (AvgIpc) is 3.18. The monoisotopic (exact) mass is 559 g/mol. The molecule has 9 nitrogen and oxygen atoms in total. The molecule has 0 aliphatic carbocycles. The van der Waals surface area contributed by atoms with Crippen molar-refractivity contribution in [2.45, 2.75) is 20.8 Å². The van der Waals surface area contributed by atoms with Crippen molar-refractivity contribution in [3.63, 3.8) is 0 Å². The number of ether oxygens (including phenoxy) is 2. The number of thioether (sulfide) groups is 1. The van der Waals surface area contributed by atoms with Gasteiger partial charge in [0.15, 0.2) is 18.1 Å². The minimum absolute atomic E-state index is 0.179. The highest BCUT2D eigenvalue weighted by Gasteiger charge is 2.36. The summed E-state index contributed by atoms with van der Waals surface area (Å²) in [5.74, 6) is -0.652. The smallest absolute Gasteiger partial charge is 0.294 e. The number of nitrogens with one attached hydrogen (secondary N) is 2. The second kappa shape index (κ2) is 12.5. The number of carbonyl (C=O) groups is 4. The maximum absolute atomic E-state index is 12.9. The molecule has 3 aromatic rings. The molecule has 1 aliphatic heterocycles. The number of nitrogens with zero attached hydrogens (tertiary/aromatic N) is 1. The van der Waals surface area contributed by atoms with E-state index in [0.29, 0.717) is 28.4 Å². The Hall–Kier alpha value is -4.57. The van der Waals surface area contributed by atoms with E-state index in [1.165, 1.54) is 7.11 Å². The van der Waals surface area contributed by atoms with Crippen LogP contribution in [0.5, 0.6) is 11.5 Å². The highest BCUT2D eigenvalue weighted by Crippen LogP contribution is 2.34. The molecule has 40 heavy (non-hydrogen) atoms. The lowest BCUT2D eigenvalue weighted by Gasteiger charge is -2.14. The van der Waals surface area contributed by atoms with Crippen molar-refractivity contribution in [3.05, 3.63) is 87.8 Å². The maximum Gasteiger partial charge on any atom is 0.294 e. The van der Waals surface area contributed by atoms with E-state index in [4.69, 9.17) is 9.47 Å². The van der Waals surface area contributed by atoms with Crippen LogP contribution in [0.4, 0.5) is 16.2 Å². The summed E-state index contributed by atoms with van der Waals surface area (Å²) in [5.41, 5.74) is 4.79. The molecular formula is C30H29N3O6S. The van der Waals surface area contributed by atoms with Crippen molar-refractivity contribution < 1.29 is 28.7 Å². The molecular weight excluding hydrogens is 530 g/mol. The molecule has 1 heterocycles. The second-order valence-corrected chi connectivity index (χ2v) is 10.1. The standard InChI is InChI=1S/C30H29N3O6S/c1-18-9-7-11-23(20(18)3)32-27(34)16-33-29(36)26(40-30(33)37)15-21-12-13-24(25(14-21)38-4)39-17-28(35)31-22-10-6-5-8-19(22)2/h5-15H,16-17H2,1-4H3,(H,31,35)(H,32,34)/b26-15-. The number of rotatable bonds is 9. The number of para-hydroxylation sites is 1. The molecule has 3 aromatic carbocycles. The summed E-state index contributed by atoms with van der Waals surface area (Å²) in [7, 11) is 1.46. The summed E-state index contributed by atoms with van der Waals surface area (Å²) in [6.45, 7) is 5.10. The second-order valence-electron chi connectivity index (χ2n) is 9.13. The van der Waals surface area contributed by atoms with E-state index in [9.17, 15) is 19.2 Å². The molecule has 0 bridgehead atoms. The topological polar surface area (TPSA) is 114 Å². The summed E-state index contributed by atoms with van der Waals surface area (Å²) in [6.07, 6.45) is 1.55. The molecule has 1 saturated heterocycles. The largest absolute Gasteiger partial charge is 0.493 e. The molecule has 0 unspecified atom stereocenters. The molecule has 0 saturated carbocycles. The van der Waals surface area contributed by atoms with Crippen molar-refractivity contribution in [1.29, 1.82) is 0 Å². The van der Waals surface area contributed by atoms with Gasteiger partial charge in [0, 0.05) is 11.4 Å². The fourth-order valence-corrected chi connectivity index (χ4v) is 4.78. The van der Waals surface area contributed by atoms with Gasteiger partial charge in [0.25, 0.3) is 17.1 Å². The Morgan fingerprint density at radius 3 is 2.33 bits per heavy atom. The van der Waals surface area contributed by atoms with Crippen LogP contribution in [-0.4, -0.2) is 48.1 Å². The van der Waals surface area contributed by atoms with E-state index in [1.807, 2.05) is 57.2 Å². The number of carbonyl (C=O) groups excluding carboxylic acids is 4. The molecule has 0 atom stereocenters. The van der Waals surface area contributed by atoms with E-state index in [0.717, 1.165) is 33.4 Å². The summed E-state index contributed by atoms with van der Waals surface area (Å²) in [4.78, 5) is 51.5. The SMILES string of the molecule is COc1cc(/C=C2\SC(=O)N(CC(=O)Nc3cccc(C)c3C)C2=O)ccc1OCC(=O)Nc1ccccc1C. The van der Waals surface area contributed by atoms with Crippen molar-refractivity contribution in [2.75, 3.05) is 30.9 Å². The van der Waals surface area contributed by atoms with E-state index in [2.05, 4.69) is 10.6 Å². The molecule has 4 amide bonds.